The second-order valence-electron chi connectivity index (χ2n) is 4.38. The number of likely N-dealkylation sites (N-methyl/N-ethyl adjacent to an activating group) is 1. The predicted molar refractivity (Wildman–Crippen MR) is 62.7 cm³/mol. The van der Waals surface area contributed by atoms with Crippen molar-refractivity contribution >= 4 is 5.78 Å². The fraction of sp³-hybridized carbons (Fsp3) is 0.462. The zero-order valence-corrected chi connectivity index (χ0v) is 9.82. The lowest BCUT2D eigenvalue weighted by Crippen LogP contribution is -2.31. The molecule has 17 heavy (non-hydrogen) atoms. The number of hydrogen-bond acceptors (Lipinski definition) is 3. The van der Waals surface area contributed by atoms with Gasteiger partial charge in [0.15, 0.2) is 5.78 Å². The molecule has 0 aromatic heterocycles. The van der Waals surface area contributed by atoms with Gasteiger partial charge in [0, 0.05) is 6.04 Å². The lowest BCUT2D eigenvalue weighted by molar-refractivity contribution is 0.0925. The molecule has 0 unspecified atom stereocenters. The Morgan fingerprint density at radius 2 is 2.24 bits per heavy atom. The van der Waals surface area contributed by atoms with Crippen LogP contribution in [0.25, 0.3) is 0 Å². The van der Waals surface area contributed by atoms with Crippen LogP contribution in [0, 0.1) is 5.82 Å². The number of Topliss-reactive ketones (excluding diaryl/α,β-unsaturated/α-hetero) is 1. The van der Waals surface area contributed by atoms with Gasteiger partial charge in [0.05, 0.1) is 12.1 Å². The Morgan fingerprint density at radius 1 is 1.53 bits per heavy atom. The zero-order valence-electron chi connectivity index (χ0n) is 9.82. The van der Waals surface area contributed by atoms with Crippen LogP contribution >= 0.6 is 0 Å². The summed E-state index contributed by atoms with van der Waals surface area (Å²) in [7, 11) is 0. The molecule has 1 aromatic carbocycles. The normalized spacial score (nSPS) is 15.2. The molecule has 0 amide bonds. The maximum absolute atomic E-state index is 13.0. The molecule has 1 N–H and O–H groups in total. The summed E-state index contributed by atoms with van der Waals surface area (Å²) in [5.74, 6) is -0.875. The molecule has 0 heterocycles. The maximum atomic E-state index is 13.0. The standard InChI is InChI=1S/C13H16FNO2/c1-2-15(10-4-5-10)8-13(17)11-7-9(14)3-6-12(11)16/h3,6-7,10,16H,2,4-5,8H2,1H3. The van der Waals surface area contributed by atoms with Crippen LogP contribution in [0.3, 0.4) is 0 Å². The van der Waals surface area contributed by atoms with Crippen LogP contribution in [0.5, 0.6) is 5.75 Å². The number of nitrogens with zero attached hydrogens (tertiary/aromatic N) is 1. The van der Waals surface area contributed by atoms with Gasteiger partial charge < -0.3 is 5.11 Å². The van der Waals surface area contributed by atoms with Crippen molar-refractivity contribution in [3.63, 3.8) is 0 Å². The van der Waals surface area contributed by atoms with E-state index in [0.29, 0.717) is 6.04 Å². The van der Waals surface area contributed by atoms with E-state index in [0.717, 1.165) is 31.5 Å². The highest BCUT2D eigenvalue weighted by atomic mass is 19.1. The largest absolute Gasteiger partial charge is 0.507 e. The number of aromatic hydroxyl groups is 1. The number of phenols is 1. The Bertz CT molecular complexity index is 429. The smallest absolute Gasteiger partial charge is 0.180 e. The quantitative estimate of drug-likeness (QED) is 0.798. The lowest BCUT2D eigenvalue weighted by atomic mass is 10.1. The van der Waals surface area contributed by atoms with E-state index < -0.39 is 5.82 Å². The second kappa shape index (κ2) is 4.84. The van der Waals surface area contributed by atoms with Gasteiger partial charge in [-0.3, -0.25) is 9.69 Å². The number of rotatable bonds is 5. The number of carbonyl (C=O) groups excluding carboxylic acids is 1. The van der Waals surface area contributed by atoms with Crippen LogP contribution in [0.1, 0.15) is 30.1 Å². The van der Waals surface area contributed by atoms with Gasteiger partial charge in [-0.15, -0.1) is 0 Å². The van der Waals surface area contributed by atoms with Gasteiger partial charge in [0.1, 0.15) is 11.6 Å². The molecule has 1 aliphatic carbocycles. The number of hydrogen-bond donors (Lipinski definition) is 1. The first-order valence-electron chi connectivity index (χ1n) is 5.87. The highest BCUT2D eigenvalue weighted by Gasteiger charge is 2.29. The van der Waals surface area contributed by atoms with Crippen molar-refractivity contribution in [1.29, 1.82) is 0 Å². The van der Waals surface area contributed by atoms with Crippen LogP contribution in [-0.2, 0) is 0 Å². The molecule has 0 radical (unpaired) electrons. The molecule has 3 nitrogen and oxygen atoms in total. The molecule has 1 fully saturated rings. The van der Waals surface area contributed by atoms with E-state index in [1.165, 1.54) is 6.07 Å². The van der Waals surface area contributed by atoms with Gasteiger partial charge in [-0.05, 0) is 37.6 Å². The van der Waals surface area contributed by atoms with E-state index in [1.807, 2.05) is 6.92 Å². The summed E-state index contributed by atoms with van der Waals surface area (Å²) in [6.07, 6.45) is 2.24. The molecular formula is C13H16FNO2. The number of ketones is 1. The summed E-state index contributed by atoms with van der Waals surface area (Å²) in [6.45, 7) is 3.04. The van der Waals surface area contributed by atoms with E-state index in [4.69, 9.17) is 0 Å². The average molecular weight is 237 g/mol. The van der Waals surface area contributed by atoms with Crippen LogP contribution < -0.4 is 0 Å². The Morgan fingerprint density at radius 3 is 2.82 bits per heavy atom. The number of phenolic OH excluding ortho intramolecular Hbond substituents is 1. The molecule has 0 saturated heterocycles. The first-order chi connectivity index (χ1) is 8.11. The van der Waals surface area contributed by atoms with Crippen molar-refractivity contribution in [2.24, 2.45) is 0 Å². The first-order valence-corrected chi connectivity index (χ1v) is 5.87. The number of halogens is 1. The zero-order chi connectivity index (χ0) is 12.4. The summed E-state index contributed by atoms with van der Waals surface area (Å²) in [5.41, 5.74) is 0.0732. The van der Waals surface area contributed by atoms with Crippen molar-refractivity contribution in [1.82, 2.24) is 4.90 Å². The van der Waals surface area contributed by atoms with Crippen molar-refractivity contribution in [3.8, 4) is 5.75 Å². The third-order valence-corrected chi connectivity index (χ3v) is 3.08. The molecule has 0 aliphatic heterocycles. The molecule has 1 saturated carbocycles. The molecule has 0 spiro atoms. The molecule has 2 rings (SSSR count). The summed E-state index contributed by atoms with van der Waals surface area (Å²) < 4.78 is 13.0. The SMILES string of the molecule is CCN(CC(=O)c1cc(F)ccc1O)C1CC1. The predicted octanol–water partition coefficient (Wildman–Crippen LogP) is 2.20. The van der Waals surface area contributed by atoms with Crippen LogP contribution in [-0.4, -0.2) is 34.9 Å². The van der Waals surface area contributed by atoms with E-state index >= 15 is 0 Å². The van der Waals surface area contributed by atoms with E-state index in [-0.39, 0.29) is 23.6 Å². The minimum atomic E-state index is -0.499. The van der Waals surface area contributed by atoms with Crippen LogP contribution in [0.2, 0.25) is 0 Å². The van der Waals surface area contributed by atoms with Crippen LogP contribution in [0.15, 0.2) is 18.2 Å². The minimum Gasteiger partial charge on any atom is -0.507 e. The van der Waals surface area contributed by atoms with Gasteiger partial charge in [-0.1, -0.05) is 6.92 Å². The summed E-state index contributed by atoms with van der Waals surface area (Å²) in [4.78, 5) is 14.0. The fourth-order valence-electron chi connectivity index (χ4n) is 1.94. The molecule has 0 bridgehead atoms. The maximum Gasteiger partial charge on any atom is 0.180 e. The number of benzene rings is 1. The Hall–Kier alpha value is -1.42. The van der Waals surface area contributed by atoms with Crippen molar-refractivity contribution in [2.75, 3.05) is 13.1 Å². The van der Waals surface area contributed by atoms with Gasteiger partial charge in [-0.25, -0.2) is 4.39 Å². The average Bonchev–Trinajstić information content (AvgIpc) is 3.13. The topological polar surface area (TPSA) is 40.5 Å². The lowest BCUT2D eigenvalue weighted by Gasteiger charge is -2.18. The number of carbonyl (C=O) groups is 1. The minimum absolute atomic E-state index is 0.0732. The Balaban J connectivity index is 2.10. The fourth-order valence-corrected chi connectivity index (χ4v) is 1.94. The Kier molecular flexibility index (Phi) is 3.43. The molecule has 1 aromatic rings. The van der Waals surface area contributed by atoms with E-state index in [9.17, 15) is 14.3 Å². The van der Waals surface area contributed by atoms with Gasteiger partial charge in [0.25, 0.3) is 0 Å². The van der Waals surface area contributed by atoms with Gasteiger partial charge in [0.2, 0.25) is 0 Å². The Labute approximate surface area is 99.9 Å². The summed E-state index contributed by atoms with van der Waals surface area (Å²) >= 11 is 0. The molecule has 0 atom stereocenters. The first kappa shape index (κ1) is 12.0. The van der Waals surface area contributed by atoms with E-state index in [2.05, 4.69) is 4.90 Å². The molecule has 92 valence electrons. The summed E-state index contributed by atoms with van der Waals surface area (Å²) in [6, 6.07) is 3.94. The van der Waals surface area contributed by atoms with Gasteiger partial charge >= 0.3 is 0 Å². The summed E-state index contributed by atoms with van der Waals surface area (Å²) in [5, 5.41) is 9.54. The highest BCUT2D eigenvalue weighted by molar-refractivity contribution is 6.00. The monoisotopic (exact) mass is 237 g/mol. The van der Waals surface area contributed by atoms with Crippen molar-refractivity contribution < 1.29 is 14.3 Å². The molecular weight excluding hydrogens is 221 g/mol. The molecule has 4 heteroatoms. The third kappa shape index (κ3) is 2.82. The van der Waals surface area contributed by atoms with Crippen molar-refractivity contribution in [2.45, 2.75) is 25.8 Å². The van der Waals surface area contributed by atoms with E-state index in [1.54, 1.807) is 0 Å². The van der Waals surface area contributed by atoms with Crippen LogP contribution in [0.4, 0.5) is 4.39 Å². The molecule has 1 aliphatic rings. The van der Waals surface area contributed by atoms with Crippen molar-refractivity contribution in [3.05, 3.63) is 29.6 Å². The second-order valence-corrected chi connectivity index (χ2v) is 4.38. The van der Waals surface area contributed by atoms with Gasteiger partial charge in [-0.2, -0.15) is 0 Å². The highest BCUT2D eigenvalue weighted by Crippen LogP contribution is 2.27. The third-order valence-electron chi connectivity index (χ3n) is 3.08.